The fourth-order valence-corrected chi connectivity index (χ4v) is 4.93. The molecule has 2 aromatic rings. The Hall–Kier alpha value is -3.72. The molecule has 0 saturated carbocycles. The van der Waals surface area contributed by atoms with Gasteiger partial charge < -0.3 is 19.2 Å². The van der Waals surface area contributed by atoms with Gasteiger partial charge in [-0.3, -0.25) is 9.59 Å². The zero-order chi connectivity index (χ0) is 23.7. The van der Waals surface area contributed by atoms with Crippen LogP contribution in [-0.2, 0) is 25.7 Å². The van der Waals surface area contributed by atoms with E-state index in [9.17, 15) is 19.2 Å². The first-order chi connectivity index (χ1) is 16.5. The molecule has 2 fully saturated rings. The van der Waals surface area contributed by atoms with Gasteiger partial charge in [0.1, 0.15) is 6.61 Å². The third-order valence-electron chi connectivity index (χ3n) is 6.82. The van der Waals surface area contributed by atoms with Crippen LogP contribution in [0.3, 0.4) is 0 Å². The molecule has 5 rings (SSSR count). The zero-order valence-corrected chi connectivity index (χ0v) is 18.5. The highest BCUT2D eigenvalue weighted by molar-refractivity contribution is 6.20. The fraction of sp³-hybridized carbons (Fsp3) is 0.360. The van der Waals surface area contributed by atoms with Crippen molar-refractivity contribution in [1.29, 1.82) is 0 Å². The van der Waals surface area contributed by atoms with Gasteiger partial charge >= 0.3 is 12.1 Å². The quantitative estimate of drug-likeness (QED) is 0.641. The highest BCUT2D eigenvalue weighted by atomic mass is 16.7. The number of amides is 3. The number of carbonyl (C=O) groups is 4. The van der Waals surface area contributed by atoms with Crippen LogP contribution in [0.2, 0.25) is 0 Å². The molecule has 0 bridgehead atoms. The maximum atomic E-state index is 13.3. The minimum Gasteiger partial charge on any atom is -0.445 e. The number of hydrogen-bond donors (Lipinski definition) is 0. The van der Waals surface area contributed by atoms with Crippen LogP contribution in [0.5, 0.6) is 0 Å². The molecule has 3 amide bonds. The molecule has 9 heteroatoms. The average molecular weight is 464 g/mol. The summed E-state index contributed by atoms with van der Waals surface area (Å²) < 4.78 is 11.0. The molecule has 3 aliphatic rings. The summed E-state index contributed by atoms with van der Waals surface area (Å²) in [6.45, 7) is 1.41. The Kier molecular flexibility index (Phi) is 5.79. The summed E-state index contributed by atoms with van der Waals surface area (Å²) >= 11 is 0. The lowest BCUT2D eigenvalue weighted by Gasteiger charge is -2.36. The Labute approximate surface area is 196 Å². The van der Waals surface area contributed by atoms with Gasteiger partial charge in [0.25, 0.3) is 11.8 Å². The molecule has 0 aliphatic carbocycles. The Balaban J connectivity index is 1.30. The second-order valence-electron chi connectivity index (χ2n) is 8.81. The number of fused-ring (bicyclic) bond motifs is 1. The minimum atomic E-state index is -0.718. The van der Waals surface area contributed by atoms with Gasteiger partial charge in [-0.05, 0) is 30.5 Å². The lowest BCUT2D eigenvalue weighted by Crippen LogP contribution is -2.43. The standard InChI is InChI=1S/C25H24N2O7/c28-21-18-8-4-5-9-19(18)22(29)27(21)34-23(30)20-14-26(16-25(20)10-12-32-13-11-25)24(31)33-15-17-6-2-1-3-7-17/h1-9,20H,10-16H2. The second-order valence-corrected chi connectivity index (χ2v) is 8.81. The average Bonchev–Trinajstić information content (AvgIpc) is 3.35. The molecular formula is C25H24N2O7. The molecule has 3 aliphatic heterocycles. The van der Waals surface area contributed by atoms with Gasteiger partial charge in [0.2, 0.25) is 0 Å². The molecule has 34 heavy (non-hydrogen) atoms. The monoisotopic (exact) mass is 464 g/mol. The summed E-state index contributed by atoms with van der Waals surface area (Å²) in [5, 5.41) is 0.524. The van der Waals surface area contributed by atoms with Gasteiger partial charge in [0.05, 0.1) is 17.0 Å². The smallest absolute Gasteiger partial charge is 0.410 e. The van der Waals surface area contributed by atoms with Gasteiger partial charge in [0, 0.05) is 31.7 Å². The molecule has 0 N–H and O–H groups in total. The van der Waals surface area contributed by atoms with E-state index in [2.05, 4.69) is 0 Å². The third kappa shape index (κ3) is 3.92. The highest BCUT2D eigenvalue weighted by Crippen LogP contribution is 2.45. The molecule has 9 nitrogen and oxygen atoms in total. The van der Waals surface area contributed by atoms with Crippen molar-refractivity contribution in [3.05, 3.63) is 71.3 Å². The van der Waals surface area contributed by atoms with Crippen LogP contribution in [0.4, 0.5) is 4.79 Å². The van der Waals surface area contributed by atoms with E-state index in [0.29, 0.717) is 37.7 Å². The topological polar surface area (TPSA) is 102 Å². The molecule has 176 valence electrons. The Morgan fingerprint density at radius 3 is 2.21 bits per heavy atom. The van der Waals surface area contributed by atoms with E-state index in [-0.39, 0.29) is 24.3 Å². The van der Waals surface area contributed by atoms with Crippen molar-refractivity contribution >= 4 is 23.9 Å². The molecule has 1 atom stereocenters. The number of carbonyl (C=O) groups excluding carboxylic acids is 4. The van der Waals surface area contributed by atoms with E-state index in [1.807, 2.05) is 30.3 Å². The fourth-order valence-electron chi connectivity index (χ4n) is 4.93. The van der Waals surface area contributed by atoms with E-state index in [4.69, 9.17) is 14.3 Å². The first kappa shape index (κ1) is 22.1. The van der Waals surface area contributed by atoms with Crippen LogP contribution < -0.4 is 0 Å². The lowest BCUT2D eigenvalue weighted by atomic mass is 9.72. The van der Waals surface area contributed by atoms with Crippen LogP contribution in [0.15, 0.2) is 54.6 Å². The van der Waals surface area contributed by atoms with Crippen LogP contribution >= 0.6 is 0 Å². The number of nitrogens with zero attached hydrogens (tertiary/aromatic N) is 2. The van der Waals surface area contributed by atoms with E-state index < -0.39 is 35.2 Å². The Bertz CT molecular complexity index is 1090. The zero-order valence-electron chi connectivity index (χ0n) is 18.5. The van der Waals surface area contributed by atoms with Crippen molar-refractivity contribution in [3.63, 3.8) is 0 Å². The van der Waals surface area contributed by atoms with Crippen LogP contribution in [0.25, 0.3) is 0 Å². The van der Waals surface area contributed by atoms with Crippen molar-refractivity contribution in [2.45, 2.75) is 19.4 Å². The SMILES string of the molecule is O=C(ON1C(=O)c2ccccc2C1=O)C1CN(C(=O)OCc2ccccc2)CC12CCOCC2. The van der Waals surface area contributed by atoms with Crippen molar-refractivity contribution in [3.8, 4) is 0 Å². The number of hydroxylamine groups is 2. The Morgan fingerprint density at radius 2 is 1.56 bits per heavy atom. The third-order valence-corrected chi connectivity index (χ3v) is 6.82. The number of hydrogen-bond acceptors (Lipinski definition) is 7. The molecule has 1 unspecified atom stereocenters. The van der Waals surface area contributed by atoms with Gasteiger partial charge in [-0.25, -0.2) is 9.59 Å². The van der Waals surface area contributed by atoms with Crippen molar-refractivity contribution in [2.24, 2.45) is 11.3 Å². The molecule has 0 radical (unpaired) electrons. The van der Waals surface area contributed by atoms with Crippen LogP contribution in [-0.4, -0.2) is 60.1 Å². The molecular weight excluding hydrogens is 440 g/mol. The maximum Gasteiger partial charge on any atom is 0.410 e. The summed E-state index contributed by atoms with van der Waals surface area (Å²) in [4.78, 5) is 58.2. The van der Waals surface area contributed by atoms with Gasteiger partial charge in [-0.1, -0.05) is 47.5 Å². The van der Waals surface area contributed by atoms with Crippen molar-refractivity contribution in [1.82, 2.24) is 9.96 Å². The maximum absolute atomic E-state index is 13.3. The number of likely N-dealkylation sites (tertiary alicyclic amines) is 1. The number of imide groups is 1. The predicted octanol–water partition coefficient (Wildman–Crippen LogP) is 2.81. The van der Waals surface area contributed by atoms with Crippen LogP contribution in [0, 0.1) is 11.3 Å². The minimum absolute atomic E-state index is 0.0790. The number of benzene rings is 2. The highest BCUT2D eigenvalue weighted by Gasteiger charge is 2.54. The number of ether oxygens (including phenoxy) is 2. The summed E-state index contributed by atoms with van der Waals surface area (Å²) in [5.41, 5.74) is 0.675. The molecule has 0 aromatic heterocycles. The molecule has 3 heterocycles. The van der Waals surface area contributed by atoms with E-state index in [1.165, 1.54) is 17.0 Å². The predicted molar refractivity (Wildman–Crippen MR) is 117 cm³/mol. The van der Waals surface area contributed by atoms with Crippen molar-refractivity contribution in [2.75, 3.05) is 26.3 Å². The molecule has 1 spiro atoms. The van der Waals surface area contributed by atoms with Crippen molar-refractivity contribution < 1.29 is 33.5 Å². The first-order valence-electron chi connectivity index (χ1n) is 11.2. The molecule has 2 saturated heterocycles. The van der Waals surface area contributed by atoms with Gasteiger partial charge in [0.15, 0.2) is 0 Å². The summed E-state index contributed by atoms with van der Waals surface area (Å²) in [6.07, 6.45) is 0.583. The van der Waals surface area contributed by atoms with E-state index in [1.54, 1.807) is 12.1 Å². The first-order valence-corrected chi connectivity index (χ1v) is 11.2. The molecule has 2 aromatic carbocycles. The second kappa shape index (κ2) is 8.90. The van der Waals surface area contributed by atoms with E-state index >= 15 is 0 Å². The largest absolute Gasteiger partial charge is 0.445 e. The normalized spacial score (nSPS) is 21.0. The summed E-state index contributed by atoms with van der Waals surface area (Å²) in [7, 11) is 0. The van der Waals surface area contributed by atoms with Gasteiger partial charge in [-0.2, -0.15) is 0 Å². The van der Waals surface area contributed by atoms with Crippen LogP contribution in [0.1, 0.15) is 39.1 Å². The summed E-state index contributed by atoms with van der Waals surface area (Å²) in [5.74, 6) is -2.78. The van der Waals surface area contributed by atoms with Gasteiger partial charge in [-0.15, -0.1) is 0 Å². The van der Waals surface area contributed by atoms with E-state index in [0.717, 1.165) is 5.56 Å². The Morgan fingerprint density at radius 1 is 0.941 bits per heavy atom. The lowest BCUT2D eigenvalue weighted by molar-refractivity contribution is -0.178. The summed E-state index contributed by atoms with van der Waals surface area (Å²) in [6, 6.07) is 15.6. The number of rotatable bonds is 4.